The average Bonchev–Trinajstić information content (AvgIpc) is 2.65. The number of benzene rings is 1. The van der Waals surface area contributed by atoms with Crippen LogP contribution in [0.5, 0.6) is 5.75 Å². The number of nitrogens with one attached hydrogen (secondary N) is 2. The molecule has 0 heterocycles. The maximum atomic E-state index is 11.1. The van der Waals surface area contributed by atoms with Crippen molar-refractivity contribution >= 4 is 11.9 Å². The van der Waals surface area contributed by atoms with Gasteiger partial charge in [0.15, 0.2) is 5.96 Å². The highest BCUT2D eigenvalue weighted by molar-refractivity contribution is 5.80. The minimum absolute atomic E-state index is 0.121. The van der Waals surface area contributed by atoms with Gasteiger partial charge in [-0.05, 0) is 43.4 Å². The summed E-state index contributed by atoms with van der Waals surface area (Å²) in [5.74, 6) is 1.98. The molecule has 0 saturated heterocycles. The highest BCUT2D eigenvalue weighted by Crippen LogP contribution is 2.18. The van der Waals surface area contributed by atoms with Crippen LogP contribution >= 0.6 is 0 Å². The Bertz CT molecular complexity index is 556. The highest BCUT2D eigenvalue weighted by atomic mass is 16.5. The van der Waals surface area contributed by atoms with E-state index in [9.17, 15) is 4.79 Å². The normalized spacial score (nSPS) is 12.6. The molecule has 26 heavy (non-hydrogen) atoms. The first-order valence-electron chi connectivity index (χ1n) is 9.23. The van der Waals surface area contributed by atoms with E-state index in [1.807, 2.05) is 12.1 Å². The molecule has 2 N–H and O–H groups in total. The molecule has 0 aliphatic carbocycles. The van der Waals surface area contributed by atoms with Crippen molar-refractivity contribution in [3.63, 3.8) is 0 Å². The van der Waals surface area contributed by atoms with Gasteiger partial charge in [0.1, 0.15) is 5.75 Å². The molecular formula is C20H33N3O3. The summed E-state index contributed by atoms with van der Waals surface area (Å²) in [5, 5.41) is 6.64. The zero-order chi connectivity index (χ0) is 19.4. The second-order valence-corrected chi connectivity index (χ2v) is 6.67. The minimum atomic E-state index is -0.165. The fourth-order valence-electron chi connectivity index (χ4n) is 2.30. The molecule has 0 spiro atoms. The molecule has 146 valence electrons. The lowest BCUT2D eigenvalue weighted by atomic mass is 10.1. The van der Waals surface area contributed by atoms with E-state index in [0.717, 1.165) is 43.3 Å². The Morgan fingerprint density at radius 2 is 1.85 bits per heavy atom. The van der Waals surface area contributed by atoms with Crippen molar-refractivity contribution in [1.29, 1.82) is 0 Å². The van der Waals surface area contributed by atoms with Crippen LogP contribution in [0.4, 0.5) is 0 Å². The predicted octanol–water partition coefficient (Wildman–Crippen LogP) is 3.29. The topological polar surface area (TPSA) is 72.0 Å². The Kier molecular flexibility index (Phi) is 10.2. The van der Waals surface area contributed by atoms with Gasteiger partial charge in [-0.3, -0.25) is 9.79 Å². The number of hydrogen-bond acceptors (Lipinski definition) is 4. The number of rotatable bonds is 10. The van der Waals surface area contributed by atoms with Crippen LogP contribution in [-0.4, -0.2) is 39.2 Å². The van der Waals surface area contributed by atoms with Gasteiger partial charge in [-0.1, -0.05) is 26.0 Å². The minimum Gasteiger partial charge on any atom is -0.493 e. The van der Waals surface area contributed by atoms with E-state index >= 15 is 0 Å². The lowest BCUT2D eigenvalue weighted by Gasteiger charge is -2.19. The van der Waals surface area contributed by atoms with Gasteiger partial charge >= 0.3 is 5.97 Å². The molecule has 0 aliphatic rings. The summed E-state index contributed by atoms with van der Waals surface area (Å²) in [7, 11) is 3.16. The number of hydrogen-bond donors (Lipinski definition) is 2. The van der Waals surface area contributed by atoms with Crippen LogP contribution in [-0.2, 0) is 9.53 Å². The second-order valence-electron chi connectivity index (χ2n) is 6.67. The molecule has 0 bridgehead atoms. The van der Waals surface area contributed by atoms with Crippen LogP contribution in [0.15, 0.2) is 29.3 Å². The molecule has 0 radical (unpaired) electrons. The van der Waals surface area contributed by atoms with Crippen molar-refractivity contribution in [2.75, 3.05) is 27.3 Å². The largest absolute Gasteiger partial charge is 0.493 e. The molecule has 1 aromatic carbocycles. The Labute approximate surface area is 157 Å². The number of unbranched alkanes of at least 4 members (excludes halogenated alkanes) is 1. The van der Waals surface area contributed by atoms with Gasteiger partial charge in [0, 0.05) is 20.0 Å². The maximum Gasteiger partial charge on any atom is 0.305 e. The summed E-state index contributed by atoms with van der Waals surface area (Å²) < 4.78 is 10.3. The quantitative estimate of drug-likeness (QED) is 0.289. The van der Waals surface area contributed by atoms with Gasteiger partial charge in [0.25, 0.3) is 0 Å². The smallest absolute Gasteiger partial charge is 0.305 e. The molecule has 6 nitrogen and oxygen atoms in total. The van der Waals surface area contributed by atoms with Crippen molar-refractivity contribution in [3.8, 4) is 5.75 Å². The van der Waals surface area contributed by atoms with Crippen LogP contribution in [0, 0.1) is 5.92 Å². The SMILES string of the molecule is CN=C(NCCCCC(=O)OC)NC(C)c1ccc(OCC(C)C)cc1. The van der Waals surface area contributed by atoms with E-state index < -0.39 is 0 Å². The lowest BCUT2D eigenvalue weighted by Crippen LogP contribution is -2.39. The number of esters is 1. The van der Waals surface area contributed by atoms with Crippen LogP contribution in [0.1, 0.15) is 51.6 Å². The number of carbonyl (C=O) groups is 1. The van der Waals surface area contributed by atoms with Gasteiger partial charge in [-0.15, -0.1) is 0 Å². The fraction of sp³-hybridized carbons (Fsp3) is 0.600. The molecule has 0 fully saturated rings. The van der Waals surface area contributed by atoms with Crippen molar-refractivity contribution in [2.45, 2.75) is 46.1 Å². The van der Waals surface area contributed by atoms with Gasteiger partial charge in [-0.25, -0.2) is 0 Å². The van der Waals surface area contributed by atoms with Crippen molar-refractivity contribution in [1.82, 2.24) is 10.6 Å². The average molecular weight is 364 g/mol. The van der Waals surface area contributed by atoms with Crippen LogP contribution in [0.25, 0.3) is 0 Å². The molecule has 1 aromatic rings. The summed E-state index contributed by atoms with van der Waals surface area (Å²) in [4.78, 5) is 15.3. The molecule has 6 heteroatoms. The lowest BCUT2D eigenvalue weighted by molar-refractivity contribution is -0.140. The maximum absolute atomic E-state index is 11.1. The summed E-state index contributed by atoms with van der Waals surface area (Å²) >= 11 is 0. The zero-order valence-corrected chi connectivity index (χ0v) is 16.7. The Morgan fingerprint density at radius 1 is 1.15 bits per heavy atom. The fourth-order valence-corrected chi connectivity index (χ4v) is 2.30. The summed E-state index contributed by atoms with van der Waals surface area (Å²) in [5.41, 5.74) is 1.16. The van der Waals surface area contributed by atoms with E-state index in [1.54, 1.807) is 7.05 Å². The number of aliphatic imine (C=N–C) groups is 1. The van der Waals surface area contributed by atoms with Crippen LogP contribution in [0.2, 0.25) is 0 Å². The van der Waals surface area contributed by atoms with Gasteiger partial charge < -0.3 is 20.1 Å². The molecule has 1 rings (SSSR count). The number of nitrogens with zero attached hydrogens (tertiary/aromatic N) is 1. The Morgan fingerprint density at radius 3 is 2.42 bits per heavy atom. The highest BCUT2D eigenvalue weighted by Gasteiger charge is 2.08. The predicted molar refractivity (Wildman–Crippen MR) is 106 cm³/mol. The molecule has 0 saturated carbocycles. The molecule has 0 aliphatic heterocycles. The summed E-state index contributed by atoms with van der Waals surface area (Å²) in [6.45, 7) is 7.84. The number of methoxy groups -OCH3 is 1. The first-order chi connectivity index (χ1) is 12.5. The zero-order valence-electron chi connectivity index (χ0n) is 16.7. The number of ether oxygens (including phenoxy) is 2. The number of guanidine groups is 1. The third-order valence-corrected chi connectivity index (χ3v) is 3.87. The standard InChI is InChI=1S/C20H33N3O3/c1-15(2)14-26-18-11-9-17(10-12-18)16(3)23-20(21-4)22-13-7-6-8-19(24)25-5/h9-12,15-16H,6-8,13-14H2,1-5H3,(H2,21,22,23). The van der Waals surface area contributed by atoms with Gasteiger partial charge in [-0.2, -0.15) is 0 Å². The monoisotopic (exact) mass is 363 g/mol. The van der Waals surface area contributed by atoms with E-state index in [1.165, 1.54) is 7.11 Å². The number of carbonyl (C=O) groups excluding carboxylic acids is 1. The van der Waals surface area contributed by atoms with Crippen LogP contribution in [0.3, 0.4) is 0 Å². The van der Waals surface area contributed by atoms with E-state index in [-0.39, 0.29) is 12.0 Å². The molecule has 0 aromatic heterocycles. The van der Waals surface area contributed by atoms with Gasteiger partial charge in [0.2, 0.25) is 0 Å². The first-order valence-corrected chi connectivity index (χ1v) is 9.23. The van der Waals surface area contributed by atoms with E-state index in [0.29, 0.717) is 12.3 Å². The van der Waals surface area contributed by atoms with Crippen molar-refractivity contribution in [3.05, 3.63) is 29.8 Å². The third-order valence-electron chi connectivity index (χ3n) is 3.87. The van der Waals surface area contributed by atoms with E-state index in [4.69, 9.17) is 4.74 Å². The molecular weight excluding hydrogens is 330 g/mol. The van der Waals surface area contributed by atoms with E-state index in [2.05, 4.69) is 53.3 Å². The van der Waals surface area contributed by atoms with Crippen LogP contribution < -0.4 is 15.4 Å². The third kappa shape index (κ3) is 8.74. The first kappa shape index (κ1) is 21.8. The Hall–Kier alpha value is -2.24. The van der Waals surface area contributed by atoms with Gasteiger partial charge in [0.05, 0.1) is 19.8 Å². The molecule has 1 unspecified atom stereocenters. The second kappa shape index (κ2) is 12.2. The molecule has 1 atom stereocenters. The molecule has 0 amide bonds. The van der Waals surface area contributed by atoms with Crippen molar-refractivity contribution in [2.24, 2.45) is 10.9 Å². The summed E-state index contributed by atoms with van der Waals surface area (Å²) in [6, 6.07) is 8.25. The van der Waals surface area contributed by atoms with Crippen molar-refractivity contribution < 1.29 is 14.3 Å². The summed E-state index contributed by atoms with van der Waals surface area (Å²) in [6.07, 6.45) is 2.13. The Balaban J connectivity index is 2.39.